The summed E-state index contributed by atoms with van der Waals surface area (Å²) in [4.78, 5) is 28.4. The fourth-order valence-corrected chi connectivity index (χ4v) is 4.63. The molecule has 0 aromatic heterocycles. The standard InChI is InChI=1S/C26H31ClF3N3O2/c1-3-13-32(16-19-7-10-21(11-8-19)26(28,29)30)17-20-9-12-22(15-23(20)27)31-25(35)24-6-4-5-14-33(24)18(2)34/h7-12,15,24H,3-6,13-14,16-17H2,1-2H3,(H,31,35)/t24-/m1/s1. The molecular formula is C26H31ClF3N3O2. The molecule has 5 nitrogen and oxygen atoms in total. The number of piperidine rings is 1. The highest BCUT2D eigenvalue weighted by Gasteiger charge is 2.31. The van der Waals surface area contributed by atoms with Gasteiger partial charge in [-0.1, -0.05) is 36.7 Å². The first-order valence-corrected chi connectivity index (χ1v) is 12.2. The van der Waals surface area contributed by atoms with Crippen LogP contribution in [0.3, 0.4) is 0 Å². The molecule has 2 aromatic rings. The molecule has 0 unspecified atom stereocenters. The number of likely N-dealkylation sites (tertiary alicyclic amines) is 1. The summed E-state index contributed by atoms with van der Waals surface area (Å²) in [6.45, 7) is 5.85. The smallest absolute Gasteiger partial charge is 0.331 e. The first-order chi connectivity index (χ1) is 16.6. The molecule has 35 heavy (non-hydrogen) atoms. The minimum atomic E-state index is -4.35. The van der Waals surface area contributed by atoms with Crippen LogP contribution in [0.4, 0.5) is 18.9 Å². The number of amides is 2. The highest BCUT2D eigenvalue weighted by Crippen LogP contribution is 2.30. The highest BCUT2D eigenvalue weighted by molar-refractivity contribution is 6.31. The molecule has 3 rings (SSSR count). The van der Waals surface area contributed by atoms with Gasteiger partial charge in [-0.2, -0.15) is 13.2 Å². The van der Waals surface area contributed by atoms with E-state index in [2.05, 4.69) is 10.2 Å². The molecule has 190 valence electrons. The van der Waals surface area contributed by atoms with Crippen molar-refractivity contribution >= 4 is 29.1 Å². The average Bonchev–Trinajstić information content (AvgIpc) is 2.80. The van der Waals surface area contributed by atoms with Crippen LogP contribution in [0.25, 0.3) is 0 Å². The summed E-state index contributed by atoms with van der Waals surface area (Å²) >= 11 is 6.53. The molecule has 2 amide bonds. The molecule has 0 saturated carbocycles. The molecule has 0 spiro atoms. The van der Waals surface area contributed by atoms with Crippen molar-refractivity contribution in [3.05, 3.63) is 64.2 Å². The molecule has 1 N–H and O–H groups in total. The number of carbonyl (C=O) groups is 2. The minimum Gasteiger partial charge on any atom is -0.331 e. The Morgan fingerprint density at radius 3 is 2.43 bits per heavy atom. The summed E-state index contributed by atoms with van der Waals surface area (Å²) in [7, 11) is 0. The Kier molecular flexibility index (Phi) is 9.19. The van der Waals surface area contributed by atoms with Crippen LogP contribution < -0.4 is 5.32 Å². The fourth-order valence-electron chi connectivity index (χ4n) is 4.39. The number of nitrogens with zero attached hydrogens (tertiary/aromatic N) is 2. The van der Waals surface area contributed by atoms with Crippen LogP contribution in [0.1, 0.15) is 56.2 Å². The number of benzene rings is 2. The topological polar surface area (TPSA) is 52.7 Å². The Balaban J connectivity index is 1.66. The van der Waals surface area contributed by atoms with Gasteiger partial charge in [-0.25, -0.2) is 0 Å². The van der Waals surface area contributed by atoms with E-state index in [0.29, 0.717) is 36.8 Å². The molecule has 1 atom stereocenters. The number of hydrogen-bond acceptors (Lipinski definition) is 3. The third-order valence-electron chi connectivity index (χ3n) is 6.15. The molecule has 2 aromatic carbocycles. The van der Waals surface area contributed by atoms with Gasteiger partial charge in [0.15, 0.2) is 0 Å². The lowest BCUT2D eigenvalue weighted by molar-refractivity contribution is -0.138. The van der Waals surface area contributed by atoms with Gasteiger partial charge in [0.2, 0.25) is 11.8 Å². The number of alkyl halides is 3. The van der Waals surface area contributed by atoms with Crippen molar-refractivity contribution in [2.24, 2.45) is 0 Å². The van der Waals surface area contributed by atoms with Crippen LogP contribution >= 0.6 is 11.6 Å². The van der Waals surface area contributed by atoms with Gasteiger partial charge in [-0.15, -0.1) is 0 Å². The van der Waals surface area contributed by atoms with Crippen LogP contribution in [0.5, 0.6) is 0 Å². The Morgan fingerprint density at radius 2 is 1.83 bits per heavy atom. The lowest BCUT2D eigenvalue weighted by Gasteiger charge is -2.33. The van der Waals surface area contributed by atoms with E-state index in [0.717, 1.165) is 49.1 Å². The fraction of sp³-hybridized carbons (Fsp3) is 0.462. The third-order valence-corrected chi connectivity index (χ3v) is 6.50. The van der Waals surface area contributed by atoms with Crippen LogP contribution in [0.2, 0.25) is 5.02 Å². The number of carbonyl (C=O) groups excluding carboxylic acids is 2. The van der Waals surface area contributed by atoms with Gasteiger partial charge in [0.25, 0.3) is 0 Å². The van der Waals surface area contributed by atoms with E-state index in [4.69, 9.17) is 11.6 Å². The molecule has 0 bridgehead atoms. The van der Waals surface area contributed by atoms with Crippen LogP contribution in [-0.4, -0.2) is 40.7 Å². The monoisotopic (exact) mass is 509 g/mol. The zero-order valence-corrected chi connectivity index (χ0v) is 20.8. The zero-order valence-electron chi connectivity index (χ0n) is 20.0. The maximum absolute atomic E-state index is 12.8. The normalized spacial score (nSPS) is 16.4. The zero-order chi connectivity index (χ0) is 25.6. The second-order valence-corrected chi connectivity index (χ2v) is 9.33. The average molecular weight is 510 g/mol. The number of nitrogens with one attached hydrogen (secondary N) is 1. The predicted molar refractivity (Wildman–Crippen MR) is 131 cm³/mol. The molecule has 1 fully saturated rings. The van der Waals surface area contributed by atoms with Gasteiger partial charge in [-0.3, -0.25) is 14.5 Å². The van der Waals surface area contributed by atoms with Crippen molar-refractivity contribution in [3.8, 4) is 0 Å². The first-order valence-electron chi connectivity index (χ1n) is 11.8. The van der Waals surface area contributed by atoms with Crippen LogP contribution in [0, 0.1) is 0 Å². The maximum atomic E-state index is 12.8. The van der Waals surface area contributed by atoms with Gasteiger partial charge >= 0.3 is 6.18 Å². The lowest BCUT2D eigenvalue weighted by atomic mass is 10.0. The summed E-state index contributed by atoms with van der Waals surface area (Å²) in [6, 6.07) is 10.0. The summed E-state index contributed by atoms with van der Waals surface area (Å²) in [5, 5.41) is 3.37. The molecule has 0 radical (unpaired) electrons. The van der Waals surface area contributed by atoms with Gasteiger partial charge in [-0.05, 0) is 67.6 Å². The summed E-state index contributed by atoms with van der Waals surface area (Å²) < 4.78 is 38.5. The van der Waals surface area contributed by atoms with Crippen LogP contribution in [-0.2, 0) is 28.9 Å². The van der Waals surface area contributed by atoms with Gasteiger partial charge in [0.1, 0.15) is 6.04 Å². The Hall–Kier alpha value is -2.58. The molecule has 0 aliphatic carbocycles. The van der Waals surface area contributed by atoms with E-state index in [1.54, 1.807) is 17.0 Å². The predicted octanol–water partition coefficient (Wildman–Crippen LogP) is 6.11. The maximum Gasteiger partial charge on any atom is 0.416 e. The largest absolute Gasteiger partial charge is 0.416 e. The Bertz CT molecular complexity index is 1030. The molecule has 1 saturated heterocycles. The number of halogens is 4. The second-order valence-electron chi connectivity index (χ2n) is 8.92. The Morgan fingerprint density at radius 1 is 1.11 bits per heavy atom. The highest BCUT2D eigenvalue weighted by atomic mass is 35.5. The van der Waals surface area contributed by atoms with E-state index in [1.807, 2.05) is 13.0 Å². The minimum absolute atomic E-state index is 0.109. The third kappa shape index (κ3) is 7.45. The molecule has 1 aliphatic heterocycles. The number of hydrogen-bond donors (Lipinski definition) is 1. The van der Waals surface area contributed by atoms with E-state index in [1.165, 1.54) is 19.1 Å². The molecule has 1 heterocycles. The van der Waals surface area contributed by atoms with E-state index in [-0.39, 0.29) is 11.8 Å². The lowest BCUT2D eigenvalue weighted by Crippen LogP contribution is -2.49. The summed E-state index contributed by atoms with van der Waals surface area (Å²) in [6.07, 6.45) is -1.06. The van der Waals surface area contributed by atoms with Crippen molar-refractivity contribution in [1.29, 1.82) is 0 Å². The summed E-state index contributed by atoms with van der Waals surface area (Å²) in [5.74, 6) is -0.332. The van der Waals surface area contributed by atoms with E-state index in [9.17, 15) is 22.8 Å². The van der Waals surface area contributed by atoms with Crippen molar-refractivity contribution in [2.45, 2.75) is 64.8 Å². The number of rotatable bonds is 8. The van der Waals surface area contributed by atoms with Gasteiger partial charge in [0.05, 0.1) is 5.56 Å². The van der Waals surface area contributed by atoms with Crippen molar-refractivity contribution < 1.29 is 22.8 Å². The first kappa shape index (κ1) is 27.0. The van der Waals surface area contributed by atoms with Crippen molar-refractivity contribution in [1.82, 2.24) is 9.80 Å². The Labute approximate surface area is 209 Å². The van der Waals surface area contributed by atoms with Gasteiger partial charge < -0.3 is 10.2 Å². The quantitative estimate of drug-likeness (QED) is 0.467. The molecular weight excluding hydrogens is 479 g/mol. The van der Waals surface area contributed by atoms with Crippen molar-refractivity contribution in [2.75, 3.05) is 18.4 Å². The van der Waals surface area contributed by atoms with E-state index >= 15 is 0 Å². The van der Waals surface area contributed by atoms with Crippen LogP contribution in [0.15, 0.2) is 42.5 Å². The van der Waals surface area contributed by atoms with Gasteiger partial charge in [0, 0.05) is 37.3 Å². The van der Waals surface area contributed by atoms with E-state index < -0.39 is 17.8 Å². The van der Waals surface area contributed by atoms with Crippen molar-refractivity contribution in [3.63, 3.8) is 0 Å². The molecule has 9 heteroatoms. The molecule has 1 aliphatic rings. The summed E-state index contributed by atoms with van der Waals surface area (Å²) in [5.41, 5.74) is 1.54. The second kappa shape index (κ2) is 11.9. The SMILES string of the molecule is CCCN(Cc1ccc(C(F)(F)F)cc1)Cc1ccc(NC(=O)[C@H]2CCCCN2C(C)=O)cc1Cl. The number of anilines is 1.